The Labute approximate surface area is 211 Å². The monoisotopic (exact) mass is 547 g/mol. The molecule has 2 atom stereocenters. The molecule has 13 heteroatoms. The lowest BCUT2D eigenvalue weighted by Crippen LogP contribution is -2.43. The minimum absolute atomic E-state index is 0.0129. The molecule has 1 fully saturated rings. The summed E-state index contributed by atoms with van der Waals surface area (Å²) in [6.45, 7) is -1.16. The van der Waals surface area contributed by atoms with Gasteiger partial charge < -0.3 is 15.2 Å². The molecule has 1 aromatic carbocycles. The minimum Gasteiger partial charge on any atom is -0.480 e. The summed E-state index contributed by atoms with van der Waals surface area (Å²) >= 11 is 13.6. The van der Waals surface area contributed by atoms with Gasteiger partial charge in [0.15, 0.2) is 0 Å². The number of rotatable bonds is 6. The number of esters is 1. The number of aliphatic imine (C=N–C) groups is 1. The van der Waals surface area contributed by atoms with Gasteiger partial charge in [0.1, 0.15) is 23.7 Å². The molecule has 0 radical (unpaired) electrons. The Kier molecular flexibility index (Phi) is 7.14. The number of aliphatic carboxylic acids is 1. The number of carbonyl (C=O) groups excluding carboxylic acids is 1. The Hall–Kier alpha value is -2.60. The van der Waals surface area contributed by atoms with Crippen molar-refractivity contribution < 1.29 is 32.6 Å². The first-order valence-corrected chi connectivity index (χ1v) is 11.8. The standard InChI is InChI=1S/C22H18Cl2F3N3O4S/c1-34-21(33)17-14(7-30-9-22(26,27)6-15(30)20(31)32)28-19(16-4-10(23)8-35-16)29-18(17)12-3-2-11(25)5-13(12)24/h2-5,8,15,18H,6-7,9H2,1H3,(H,28,29)(H,31,32)/t15-,18?/m0/s1. The van der Waals surface area contributed by atoms with Gasteiger partial charge in [0.25, 0.3) is 5.92 Å². The van der Waals surface area contributed by atoms with Crippen molar-refractivity contribution in [3.8, 4) is 0 Å². The third kappa shape index (κ3) is 5.32. The Morgan fingerprint density at radius 2 is 2.09 bits per heavy atom. The van der Waals surface area contributed by atoms with Crippen molar-refractivity contribution in [1.82, 2.24) is 10.2 Å². The Morgan fingerprint density at radius 1 is 1.34 bits per heavy atom. The van der Waals surface area contributed by atoms with Crippen molar-refractivity contribution in [3.05, 3.63) is 67.2 Å². The molecule has 0 bridgehead atoms. The van der Waals surface area contributed by atoms with Crippen LogP contribution < -0.4 is 5.32 Å². The zero-order chi connectivity index (χ0) is 25.5. The molecule has 1 aromatic heterocycles. The second-order valence-corrected chi connectivity index (χ2v) is 9.76. The fourth-order valence-corrected chi connectivity index (χ4v) is 5.37. The van der Waals surface area contributed by atoms with Gasteiger partial charge in [-0.05, 0) is 18.2 Å². The second kappa shape index (κ2) is 9.81. The van der Waals surface area contributed by atoms with Crippen molar-refractivity contribution in [3.63, 3.8) is 0 Å². The fraction of sp³-hybridized carbons (Fsp3) is 0.318. The molecule has 0 amide bonds. The van der Waals surface area contributed by atoms with Crippen molar-refractivity contribution in [2.75, 3.05) is 20.2 Å². The van der Waals surface area contributed by atoms with Gasteiger partial charge in [-0.1, -0.05) is 29.3 Å². The van der Waals surface area contributed by atoms with Crippen LogP contribution >= 0.6 is 34.5 Å². The zero-order valence-corrected chi connectivity index (χ0v) is 20.4. The number of thiophene rings is 1. The summed E-state index contributed by atoms with van der Waals surface area (Å²) in [6, 6.07) is 2.63. The van der Waals surface area contributed by atoms with Gasteiger partial charge in [0, 0.05) is 34.6 Å². The highest BCUT2D eigenvalue weighted by molar-refractivity contribution is 7.12. The maximum absolute atomic E-state index is 14.1. The highest BCUT2D eigenvalue weighted by Crippen LogP contribution is 2.39. The van der Waals surface area contributed by atoms with E-state index in [-0.39, 0.29) is 34.2 Å². The summed E-state index contributed by atoms with van der Waals surface area (Å²) in [4.78, 5) is 30.8. The molecule has 1 saturated heterocycles. The summed E-state index contributed by atoms with van der Waals surface area (Å²) < 4.78 is 46.9. The van der Waals surface area contributed by atoms with Crippen LogP contribution in [0, 0.1) is 5.82 Å². The normalized spacial score (nSPS) is 22.1. The van der Waals surface area contributed by atoms with Crippen molar-refractivity contribution >= 4 is 52.3 Å². The first-order valence-electron chi connectivity index (χ1n) is 10.2. The van der Waals surface area contributed by atoms with Crippen LogP contribution in [0.15, 0.2) is 45.9 Å². The van der Waals surface area contributed by atoms with Crippen molar-refractivity contribution in [2.45, 2.75) is 24.4 Å². The predicted molar refractivity (Wildman–Crippen MR) is 125 cm³/mol. The molecular formula is C22H18Cl2F3N3O4S. The molecule has 2 aromatic rings. The van der Waals surface area contributed by atoms with Gasteiger partial charge in [-0.25, -0.2) is 18.0 Å². The van der Waals surface area contributed by atoms with E-state index in [0.29, 0.717) is 9.90 Å². The van der Waals surface area contributed by atoms with E-state index in [2.05, 4.69) is 10.3 Å². The van der Waals surface area contributed by atoms with E-state index < -0.39 is 48.7 Å². The SMILES string of the molecule is COC(=O)C1=C(CN2CC(F)(F)C[C@H]2C(=O)O)NC(c2cc(Cl)cs2)=NC1c1ccc(F)cc1Cl. The molecule has 2 aliphatic rings. The third-order valence-corrected chi connectivity index (χ3v) is 7.21. The van der Waals surface area contributed by atoms with E-state index in [9.17, 15) is 27.9 Å². The first-order chi connectivity index (χ1) is 16.5. The zero-order valence-electron chi connectivity index (χ0n) is 18.0. The van der Waals surface area contributed by atoms with Gasteiger partial charge in [-0.15, -0.1) is 11.3 Å². The number of benzene rings is 1. The van der Waals surface area contributed by atoms with E-state index in [1.807, 2.05) is 0 Å². The van der Waals surface area contributed by atoms with Crippen molar-refractivity contribution in [1.29, 1.82) is 0 Å². The molecule has 1 unspecified atom stereocenters. The summed E-state index contributed by atoms with van der Waals surface area (Å²) in [5, 5.41) is 14.5. The van der Waals surface area contributed by atoms with Crippen LogP contribution in [0.5, 0.6) is 0 Å². The third-order valence-electron chi connectivity index (χ3n) is 5.60. The van der Waals surface area contributed by atoms with E-state index in [1.54, 1.807) is 11.4 Å². The number of nitrogens with zero attached hydrogens (tertiary/aromatic N) is 2. The summed E-state index contributed by atoms with van der Waals surface area (Å²) in [5.41, 5.74) is 0.321. The molecular weight excluding hydrogens is 530 g/mol. The molecule has 2 N–H and O–H groups in total. The number of hydrogen-bond acceptors (Lipinski definition) is 7. The number of hydrogen-bond donors (Lipinski definition) is 2. The van der Waals surface area contributed by atoms with Crippen LogP contribution in [0.1, 0.15) is 22.9 Å². The molecule has 186 valence electrons. The quantitative estimate of drug-likeness (QED) is 0.517. The van der Waals surface area contributed by atoms with E-state index in [4.69, 9.17) is 27.9 Å². The molecule has 4 rings (SSSR count). The summed E-state index contributed by atoms with van der Waals surface area (Å²) in [6.07, 6.45) is -0.863. The van der Waals surface area contributed by atoms with Crippen LogP contribution in [0.2, 0.25) is 10.0 Å². The first kappa shape index (κ1) is 25.5. The lowest BCUT2D eigenvalue weighted by molar-refractivity contribution is -0.142. The summed E-state index contributed by atoms with van der Waals surface area (Å²) in [7, 11) is 1.14. The number of amidine groups is 1. The van der Waals surface area contributed by atoms with Gasteiger partial charge >= 0.3 is 11.9 Å². The minimum atomic E-state index is -3.22. The van der Waals surface area contributed by atoms with Crippen molar-refractivity contribution in [2.24, 2.45) is 4.99 Å². The lowest BCUT2D eigenvalue weighted by atomic mass is 9.95. The average molecular weight is 548 g/mol. The molecule has 0 saturated carbocycles. The van der Waals surface area contributed by atoms with Crippen LogP contribution in [0.4, 0.5) is 13.2 Å². The predicted octanol–water partition coefficient (Wildman–Crippen LogP) is 4.51. The van der Waals surface area contributed by atoms with Gasteiger partial charge in [-0.2, -0.15) is 0 Å². The maximum Gasteiger partial charge on any atom is 0.338 e. The lowest BCUT2D eigenvalue weighted by Gasteiger charge is -2.30. The number of nitrogens with one attached hydrogen (secondary N) is 1. The van der Waals surface area contributed by atoms with Crippen LogP contribution in [-0.4, -0.2) is 59.9 Å². The van der Waals surface area contributed by atoms with E-state index >= 15 is 0 Å². The molecule has 7 nitrogen and oxygen atoms in total. The Morgan fingerprint density at radius 3 is 2.69 bits per heavy atom. The second-order valence-electron chi connectivity index (χ2n) is 8.00. The molecule has 0 spiro atoms. The van der Waals surface area contributed by atoms with Crippen LogP contribution in [-0.2, 0) is 14.3 Å². The highest BCUT2D eigenvalue weighted by Gasteiger charge is 2.49. The molecule has 35 heavy (non-hydrogen) atoms. The van der Waals surface area contributed by atoms with E-state index in [1.165, 1.54) is 17.4 Å². The van der Waals surface area contributed by atoms with Gasteiger partial charge in [-0.3, -0.25) is 14.7 Å². The van der Waals surface area contributed by atoms with Crippen LogP contribution in [0.25, 0.3) is 0 Å². The van der Waals surface area contributed by atoms with Gasteiger partial charge in [0.2, 0.25) is 0 Å². The number of halogens is 5. The summed E-state index contributed by atoms with van der Waals surface area (Å²) in [5.74, 6) is -5.80. The number of alkyl halides is 2. The largest absolute Gasteiger partial charge is 0.480 e. The molecule has 2 aliphatic heterocycles. The maximum atomic E-state index is 14.1. The molecule has 3 heterocycles. The topological polar surface area (TPSA) is 91.2 Å². The van der Waals surface area contributed by atoms with Gasteiger partial charge in [0.05, 0.1) is 29.1 Å². The number of carboxylic acids is 1. The van der Waals surface area contributed by atoms with Crippen LogP contribution in [0.3, 0.4) is 0 Å². The smallest absolute Gasteiger partial charge is 0.338 e. The fourth-order valence-electron chi connectivity index (χ4n) is 4.08. The number of carboxylic acid groups (broad SMARTS) is 1. The number of likely N-dealkylation sites (tertiary alicyclic amines) is 1. The molecule has 0 aliphatic carbocycles. The highest BCUT2D eigenvalue weighted by atomic mass is 35.5. The number of methoxy groups -OCH3 is 1. The Bertz CT molecular complexity index is 1250. The number of ether oxygens (including phenoxy) is 1. The average Bonchev–Trinajstić information content (AvgIpc) is 3.35. The Balaban J connectivity index is 1.85. The number of carbonyl (C=O) groups is 2. The van der Waals surface area contributed by atoms with E-state index in [0.717, 1.165) is 24.1 Å².